The van der Waals surface area contributed by atoms with Gasteiger partial charge in [-0.15, -0.1) is 5.73 Å². The molecule has 0 amide bonds. The van der Waals surface area contributed by atoms with E-state index in [9.17, 15) is 0 Å². The molecule has 1 aromatic rings. The van der Waals surface area contributed by atoms with Crippen LogP contribution in [0.1, 0.15) is 61.6 Å². The van der Waals surface area contributed by atoms with Crippen LogP contribution in [0.3, 0.4) is 0 Å². The zero-order valence-corrected chi connectivity index (χ0v) is 12.3. The first-order chi connectivity index (χ1) is 9.79. The van der Waals surface area contributed by atoms with Gasteiger partial charge in [0, 0.05) is 5.92 Å². The molecule has 4 rings (SSSR count). The summed E-state index contributed by atoms with van der Waals surface area (Å²) in [6, 6.07) is 7.05. The van der Waals surface area contributed by atoms with Gasteiger partial charge in [0.1, 0.15) is 0 Å². The second-order valence-corrected chi connectivity index (χ2v) is 6.78. The average Bonchev–Trinajstić information content (AvgIpc) is 3.26. The summed E-state index contributed by atoms with van der Waals surface area (Å²) in [6.07, 6.45) is 12.4. The minimum absolute atomic E-state index is 0.710. The third-order valence-corrected chi connectivity index (χ3v) is 5.17. The van der Waals surface area contributed by atoms with Crippen LogP contribution in [0.4, 0.5) is 0 Å². The molecule has 0 aromatic heterocycles. The molecule has 0 radical (unpaired) electrons. The highest BCUT2D eigenvalue weighted by molar-refractivity contribution is 5.65. The van der Waals surface area contributed by atoms with Crippen LogP contribution < -0.4 is 0 Å². The van der Waals surface area contributed by atoms with Gasteiger partial charge in [-0.2, -0.15) is 0 Å². The first kappa shape index (κ1) is 12.2. The van der Waals surface area contributed by atoms with E-state index in [1.165, 1.54) is 54.4 Å². The average molecular weight is 262 g/mol. The van der Waals surface area contributed by atoms with Crippen LogP contribution in [0.15, 0.2) is 41.2 Å². The van der Waals surface area contributed by atoms with Crippen molar-refractivity contribution in [3.05, 3.63) is 57.8 Å². The molecule has 0 heterocycles. The smallest absolute Gasteiger partial charge is 0.0174 e. The quantitative estimate of drug-likeness (QED) is 0.494. The minimum atomic E-state index is 0.710. The zero-order valence-electron chi connectivity index (χ0n) is 12.3. The van der Waals surface area contributed by atoms with Crippen molar-refractivity contribution in [2.45, 2.75) is 51.4 Å². The monoisotopic (exact) mass is 262 g/mol. The Morgan fingerprint density at radius 3 is 2.95 bits per heavy atom. The fourth-order valence-corrected chi connectivity index (χ4v) is 3.58. The summed E-state index contributed by atoms with van der Waals surface area (Å²) in [6.45, 7) is 2.38. The molecule has 0 saturated heterocycles. The number of rotatable bonds is 2. The van der Waals surface area contributed by atoms with Crippen LogP contribution in [0.25, 0.3) is 6.08 Å². The lowest BCUT2D eigenvalue weighted by molar-refractivity contribution is 0.443. The van der Waals surface area contributed by atoms with Crippen LogP contribution in [0.2, 0.25) is 0 Å². The van der Waals surface area contributed by atoms with E-state index in [0.29, 0.717) is 5.92 Å². The van der Waals surface area contributed by atoms with Gasteiger partial charge in [0.25, 0.3) is 0 Å². The number of hydrogen-bond acceptors (Lipinski definition) is 0. The summed E-state index contributed by atoms with van der Waals surface area (Å²) < 4.78 is 0. The molecular formula is C20H22. The molecule has 0 nitrogen and oxygen atoms in total. The molecule has 0 aliphatic heterocycles. The Morgan fingerprint density at radius 2 is 2.10 bits per heavy atom. The van der Waals surface area contributed by atoms with Gasteiger partial charge >= 0.3 is 0 Å². The number of benzene rings is 1. The molecular weight excluding hydrogens is 240 g/mol. The highest BCUT2D eigenvalue weighted by Gasteiger charge is 2.34. The van der Waals surface area contributed by atoms with Crippen molar-refractivity contribution in [2.24, 2.45) is 5.92 Å². The zero-order chi connectivity index (χ0) is 13.5. The maximum atomic E-state index is 3.43. The lowest BCUT2D eigenvalue weighted by Gasteiger charge is -2.20. The van der Waals surface area contributed by atoms with Gasteiger partial charge in [-0.3, -0.25) is 0 Å². The van der Waals surface area contributed by atoms with E-state index < -0.39 is 0 Å². The molecule has 2 saturated carbocycles. The maximum Gasteiger partial charge on any atom is 0.0174 e. The maximum absolute atomic E-state index is 3.43. The highest BCUT2D eigenvalue weighted by Crippen LogP contribution is 2.49. The van der Waals surface area contributed by atoms with Gasteiger partial charge in [-0.1, -0.05) is 36.8 Å². The van der Waals surface area contributed by atoms with Gasteiger partial charge in [-0.25, -0.2) is 0 Å². The predicted octanol–water partition coefficient (Wildman–Crippen LogP) is 5.41. The third-order valence-electron chi connectivity index (χ3n) is 5.17. The van der Waals surface area contributed by atoms with E-state index >= 15 is 0 Å². The molecule has 1 unspecified atom stereocenters. The molecule has 1 aromatic carbocycles. The Bertz CT molecular complexity index is 628. The number of fused-ring (bicyclic) bond motifs is 3. The molecule has 0 N–H and O–H groups in total. The summed E-state index contributed by atoms with van der Waals surface area (Å²) in [5.41, 5.74) is 11.0. The lowest BCUT2D eigenvalue weighted by Crippen LogP contribution is -2.04. The van der Waals surface area contributed by atoms with Crippen molar-refractivity contribution < 1.29 is 0 Å². The first-order valence-electron chi connectivity index (χ1n) is 8.06. The van der Waals surface area contributed by atoms with E-state index in [0.717, 1.165) is 12.3 Å². The third kappa shape index (κ3) is 2.30. The minimum Gasteiger partial charge on any atom is -0.120 e. The molecule has 1 atom stereocenters. The van der Waals surface area contributed by atoms with E-state index in [-0.39, 0.29) is 0 Å². The molecule has 0 spiro atoms. The normalized spacial score (nSPS) is 26.6. The number of hydrogen-bond donors (Lipinski definition) is 0. The largest absolute Gasteiger partial charge is 0.120 e. The topological polar surface area (TPSA) is 0 Å². The summed E-state index contributed by atoms with van der Waals surface area (Å²) in [7, 11) is 0. The Kier molecular flexibility index (Phi) is 2.93. The SMILES string of the molecule is CC1CCC(=CCc2ccc3c(c2)C=C=C2CC23)CC1. The predicted molar refractivity (Wildman–Crippen MR) is 84.7 cm³/mol. The van der Waals surface area contributed by atoms with Crippen molar-refractivity contribution >= 4 is 6.08 Å². The summed E-state index contributed by atoms with van der Waals surface area (Å²) in [5.74, 6) is 1.64. The van der Waals surface area contributed by atoms with Gasteiger partial charge in [-0.05, 0) is 72.8 Å². The number of allylic oxidation sites excluding steroid dienone is 3. The van der Waals surface area contributed by atoms with Crippen molar-refractivity contribution in [3.63, 3.8) is 0 Å². The Labute approximate surface area is 121 Å². The Hall–Kier alpha value is -1.52. The standard InChI is InChI=1S/C20H22/c1-14-2-4-15(5-3-14)6-7-16-8-11-19-17(12-16)9-10-18-13-20(18)19/h6,8-9,11-12,14,20H,2-5,7,13H2,1H3. The van der Waals surface area contributed by atoms with Crippen molar-refractivity contribution in [2.75, 3.05) is 0 Å². The van der Waals surface area contributed by atoms with Crippen molar-refractivity contribution in [1.82, 2.24) is 0 Å². The molecule has 3 aliphatic rings. The first-order valence-corrected chi connectivity index (χ1v) is 8.06. The van der Waals surface area contributed by atoms with Crippen LogP contribution in [0.5, 0.6) is 0 Å². The van der Waals surface area contributed by atoms with Gasteiger partial charge in [0.2, 0.25) is 0 Å². The van der Waals surface area contributed by atoms with Crippen LogP contribution >= 0.6 is 0 Å². The fourth-order valence-electron chi connectivity index (χ4n) is 3.58. The van der Waals surface area contributed by atoms with E-state index in [1.807, 2.05) is 0 Å². The highest BCUT2D eigenvalue weighted by atomic mass is 14.4. The van der Waals surface area contributed by atoms with Crippen LogP contribution in [-0.2, 0) is 6.42 Å². The van der Waals surface area contributed by atoms with Gasteiger partial charge in [0.05, 0.1) is 0 Å². The second-order valence-electron chi connectivity index (χ2n) is 6.78. The lowest BCUT2D eigenvalue weighted by atomic mass is 9.86. The Balaban J connectivity index is 1.49. The second kappa shape index (κ2) is 4.79. The van der Waals surface area contributed by atoms with Crippen LogP contribution in [0, 0.1) is 5.92 Å². The fraction of sp³-hybridized carbons (Fsp3) is 0.450. The molecule has 2 fully saturated rings. The van der Waals surface area contributed by atoms with Crippen LogP contribution in [-0.4, -0.2) is 0 Å². The molecule has 0 heteroatoms. The van der Waals surface area contributed by atoms with E-state index in [2.05, 4.69) is 43.0 Å². The molecule has 3 aliphatic carbocycles. The van der Waals surface area contributed by atoms with Gasteiger partial charge < -0.3 is 0 Å². The summed E-state index contributed by atoms with van der Waals surface area (Å²) in [4.78, 5) is 0. The Morgan fingerprint density at radius 1 is 1.25 bits per heavy atom. The van der Waals surface area contributed by atoms with E-state index in [4.69, 9.17) is 0 Å². The van der Waals surface area contributed by atoms with E-state index in [1.54, 1.807) is 5.57 Å². The van der Waals surface area contributed by atoms with Crippen molar-refractivity contribution in [1.29, 1.82) is 0 Å². The molecule has 102 valence electrons. The van der Waals surface area contributed by atoms with Gasteiger partial charge in [0.15, 0.2) is 0 Å². The molecule has 20 heavy (non-hydrogen) atoms. The summed E-state index contributed by atoms with van der Waals surface area (Å²) >= 11 is 0. The van der Waals surface area contributed by atoms with Crippen molar-refractivity contribution in [3.8, 4) is 0 Å². The molecule has 0 bridgehead atoms. The summed E-state index contributed by atoms with van der Waals surface area (Å²) in [5, 5.41) is 0.